The van der Waals surface area contributed by atoms with Crippen LogP contribution in [0.2, 0.25) is 0 Å². The normalized spacial score (nSPS) is 16.8. The zero-order valence-corrected chi connectivity index (χ0v) is 11.2. The highest BCUT2D eigenvalue weighted by Gasteiger charge is 2.27. The van der Waals surface area contributed by atoms with Gasteiger partial charge in [0, 0.05) is 13.6 Å². The van der Waals surface area contributed by atoms with E-state index in [-0.39, 0.29) is 4.21 Å². The molecule has 1 aliphatic carbocycles. The molecule has 0 atom stereocenters. The number of hydrogen-bond donors (Lipinski definition) is 0. The summed E-state index contributed by atoms with van der Waals surface area (Å²) in [5, 5.41) is 8.70. The second-order valence-electron chi connectivity index (χ2n) is 4.31. The predicted octanol–water partition coefficient (Wildman–Crippen LogP) is 2.04. The molecule has 2 rings (SSSR count). The van der Waals surface area contributed by atoms with Crippen LogP contribution in [0.25, 0.3) is 0 Å². The van der Waals surface area contributed by atoms with Gasteiger partial charge in [0.05, 0.1) is 0 Å². The number of nitriles is 1. The fourth-order valence-corrected chi connectivity index (χ4v) is 4.37. The van der Waals surface area contributed by atoms with Crippen LogP contribution < -0.4 is 0 Å². The summed E-state index contributed by atoms with van der Waals surface area (Å²) in [7, 11) is -1.79. The molecule has 0 radical (unpaired) electrons. The fourth-order valence-electron chi connectivity index (χ4n) is 1.81. The van der Waals surface area contributed by atoms with Gasteiger partial charge in [-0.05, 0) is 30.9 Å². The van der Waals surface area contributed by atoms with Crippen molar-refractivity contribution in [3.8, 4) is 6.07 Å². The maximum Gasteiger partial charge on any atom is 0.252 e. The molecular weight excluding hydrogens is 256 g/mol. The fraction of sp³-hybridized carbons (Fsp3) is 0.545. The predicted molar refractivity (Wildman–Crippen MR) is 66.2 cm³/mol. The van der Waals surface area contributed by atoms with Crippen molar-refractivity contribution in [1.82, 2.24) is 4.31 Å². The van der Waals surface area contributed by atoms with E-state index in [4.69, 9.17) is 5.26 Å². The van der Waals surface area contributed by atoms with E-state index in [1.807, 2.05) is 6.07 Å². The molecule has 1 aromatic rings. The number of rotatable bonds is 4. The van der Waals surface area contributed by atoms with Gasteiger partial charge in [-0.25, -0.2) is 8.42 Å². The number of hydrogen-bond acceptors (Lipinski definition) is 4. The van der Waals surface area contributed by atoms with Crippen LogP contribution in [0, 0.1) is 17.2 Å². The molecule has 0 saturated heterocycles. The molecule has 0 spiro atoms. The van der Waals surface area contributed by atoms with Gasteiger partial charge in [0.25, 0.3) is 10.0 Å². The third kappa shape index (κ3) is 2.51. The first-order valence-corrected chi connectivity index (χ1v) is 7.76. The van der Waals surface area contributed by atoms with Crippen molar-refractivity contribution < 1.29 is 8.42 Å². The van der Waals surface area contributed by atoms with Gasteiger partial charge < -0.3 is 0 Å². The monoisotopic (exact) mass is 270 g/mol. The van der Waals surface area contributed by atoms with Crippen LogP contribution in [-0.4, -0.2) is 26.3 Å². The molecule has 4 nitrogen and oxygen atoms in total. The highest BCUT2D eigenvalue weighted by Crippen LogP contribution is 2.30. The van der Waals surface area contributed by atoms with E-state index in [0.717, 1.165) is 24.2 Å². The minimum absolute atomic E-state index is 0.260. The Kier molecular flexibility index (Phi) is 3.52. The number of sulfonamides is 1. The lowest BCUT2D eigenvalue weighted by Crippen LogP contribution is -2.33. The lowest BCUT2D eigenvalue weighted by atomic mass is 9.86. The zero-order chi connectivity index (χ0) is 12.5. The summed E-state index contributed by atoms with van der Waals surface area (Å²) in [5.41, 5.74) is 0. The number of nitrogens with zero attached hydrogens (tertiary/aromatic N) is 2. The van der Waals surface area contributed by atoms with Crippen molar-refractivity contribution in [2.75, 3.05) is 13.6 Å². The first kappa shape index (κ1) is 12.6. The van der Waals surface area contributed by atoms with E-state index in [9.17, 15) is 8.42 Å². The van der Waals surface area contributed by atoms with Gasteiger partial charge in [-0.2, -0.15) is 9.57 Å². The summed E-state index contributed by atoms with van der Waals surface area (Å²) in [6.07, 6.45) is 3.44. The van der Waals surface area contributed by atoms with Gasteiger partial charge in [-0.3, -0.25) is 0 Å². The SMILES string of the molecule is CN(CC1CCC1)S(=O)(=O)c1ccc(C#N)s1. The third-order valence-corrected chi connectivity index (χ3v) is 6.38. The van der Waals surface area contributed by atoms with Gasteiger partial charge in [0.1, 0.15) is 15.2 Å². The Bertz CT molecular complexity index is 538. The third-order valence-electron chi connectivity index (χ3n) is 3.10. The first-order valence-electron chi connectivity index (χ1n) is 5.50. The molecule has 1 aliphatic rings. The molecule has 1 heterocycles. The molecule has 6 heteroatoms. The van der Waals surface area contributed by atoms with Crippen molar-refractivity contribution in [1.29, 1.82) is 5.26 Å². The summed E-state index contributed by atoms with van der Waals surface area (Å²) >= 11 is 1.03. The number of thiophene rings is 1. The molecule has 0 unspecified atom stereocenters. The highest BCUT2D eigenvalue weighted by molar-refractivity contribution is 7.91. The van der Waals surface area contributed by atoms with E-state index in [2.05, 4.69) is 0 Å². The summed E-state index contributed by atoms with van der Waals surface area (Å²) in [4.78, 5) is 0.431. The van der Waals surface area contributed by atoms with Gasteiger partial charge in [-0.15, -0.1) is 11.3 Å². The highest BCUT2D eigenvalue weighted by atomic mass is 32.2. The van der Waals surface area contributed by atoms with Crippen molar-refractivity contribution in [2.24, 2.45) is 5.92 Å². The molecule has 1 saturated carbocycles. The van der Waals surface area contributed by atoms with Gasteiger partial charge >= 0.3 is 0 Å². The van der Waals surface area contributed by atoms with Crippen LogP contribution in [-0.2, 0) is 10.0 Å². The Balaban J connectivity index is 2.14. The molecule has 1 aromatic heterocycles. The van der Waals surface area contributed by atoms with E-state index in [0.29, 0.717) is 17.3 Å². The molecular formula is C11H14N2O2S2. The quantitative estimate of drug-likeness (QED) is 0.841. The largest absolute Gasteiger partial charge is 0.252 e. The topological polar surface area (TPSA) is 61.2 Å². The second kappa shape index (κ2) is 4.77. The maximum absolute atomic E-state index is 12.2. The molecule has 1 fully saturated rings. The smallest absolute Gasteiger partial charge is 0.206 e. The standard InChI is InChI=1S/C11H14N2O2S2/c1-13(8-9-3-2-4-9)17(14,15)11-6-5-10(7-12)16-11/h5-6,9H,2-4,8H2,1H3. The van der Waals surface area contributed by atoms with Crippen LogP contribution in [0.1, 0.15) is 24.1 Å². The molecule has 92 valence electrons. The zero-order valence-electron chi connectivity index (χ0n) is 9.59. The second-order valence-corrected chi connectivity index (χ2v) is 7.67. The maximum atomic E-state index is 12.2. The van der Waals surface area contributed by atoms with E-state index < -0.39 is 10.0 Å². The van der Waals surface area contributed by atoms with Crippen molar-refractivity contribution in [3.05, 3.63) is 17.0 Å². The van der Waals surface area contributed by atoms with Crippen molar-refractivity contribution >= 4 is 21.4 Å². The van der Waals surface area contributed by atoms with Crippen LogP contribution in [0.3, 0.4) is 0 Å². The molecule has 0 bridgehead atoms. The first-order chi connectivity index (χ1) is 8.04. The van der Waals surface area contributed by atoms with Crippen LogP contribution >= 0.6 is 11.3 Å². The average Bonchev–Trinajstić information content (AvgIpc) is 2.71. The molecule has 0 aliphatic heterocycles. The Morgan fingerprint density at radius 1 is 1.53 bits per heavy atom. The summed E-state index contributed by atoms with van der Waals surface area (Å²) in [5.74, 6) is 0.505. The van der Waals surface area contributed by atoms with Crippen LogP contribution in [0.4, 0.5) is 0 Å². The van der Waals surface area contributed by atoms with Crippen LogP contribution in [0.5, 0.6) is 0 Å². The molecule has 17 heavy (non-hydrogen) atoms. The Hall–Kier alpha value is -0.900. The minimum Gasteiger partial charge on any atom is -0.206 e. The van der Waals surface area contributed by atoms with E-state index in [1.165, 1.54) is 16.8 Å². The van der Waals surface area contributed by atoms with E-state index >= 15 is 0 Å². The molecule has 0 amide bonds. The summed E-state index contributed by atoms with van der Waals surface area (Å²) in [6, 6.07) is 5.02. The van der Waals surface area contributed by atoms with Gasteiger partial charge in [-0.1, -0.05) is 6.42 Å². The lowest BCUT2D eigenvalue weighted by Gasteiger charge is -2.29. The minimum atomic E-state index is -3.40. The van der Waals surface area contributed by atoms with Gasteiger partial charge in [0.2, 0.25) is 0 Å². The lowest BCUT2D eigenvalue weighted by molar-refractivity contribution is 0.263. The Morgan fingerprint density at radius 3 is 2.71 bits per heavy atom. The molecule has 0 aromatic carbocycles. The van der Waals surface area contributed by atoms with Crippen LogP contribution in [0.15, 0.2) is 16.3 Å². The van der Waals surface area contributed by atoms with Gasteiger partial charge in [0.15, 0.2) is 0 Å². The molecule has 0 N–H and O–H groups in total. The Morgan fingerprint density at radius 2 is 2.24 bits per heavy atom. The Labute approximate surface area is 106 Å². The van der Waals surface area contributed by atoms with Crippen molar-refractivity contribution in [2.45, 2.75) is 23.5 Å². The van der Waals surface area contributed by atoms with Crippen molar-refractivity contribution in [3.63, 3.8) is 0 Å². The summed E-state index contributed by atoms with van der Waals surface area (Å²) < 4.78 is 26.0. The summed E-state index contributed by atoms with van der Waals surface area (Å²) in [6.45, 7) is 0.585. The van der Waals surface area contributed by atoms with E-state index in [1.54, 1.807) is 13.1 Å². The average molecular weight is 270 g/mol.